The third-order valence-corrected chi connectivity index (χ3v) is 3.70. The molecular weight excluding hydrogens is 323 g/mol. The summed E-state index contributed by atoms with van der Waals surface area (Å²) in [6.45, 7) is 3.36. The van der Waals surface area contributed by atoms with Crippen LogP contribution in [0.4, 0.5) is 15.8 Å². The Morgan fingerprint density at radius 2 is 1.92 bits per heavy atom. The number of benzene rings is 2. The van der Waals surface area contributed by atoms with Crippen molar-refractivity contribution in [3.63, 3.8) is 0 Å². The lowest BCUT2D eigenvalue weighted by Gasteiger charge is -2.31. The number of nitrogens with one attached hydrogen (secondary N) is 2. The molecule has 0 saturated heterocycles. The molecule has 0 atom stereocenters. The van der Waals surface area contributed by atoms with E-state index in [9.17, 15) is 14.0 Å². The number of anilines is 2. The number of rotatable bonds is 3. The van der Waals surface area contributed by atoms with Crippen molar-refractivity contribution in [2.45, 2.75) is 19.4 Å². The van der Waals surface area contributed by atoms with Crippen molar-refractivity contribution in [1.29, 1.82) is 0 Å². The minimum Gasteiger partial charge on any atom is -0.476 e. The Bertz CT molecular complexity index is 857. The van der Waals surface area contributed by atoms with Crippen LogP contribution in [-0.2, 0) is 9.59 Å². The minimum absolute atomic E-state index is 0.250. The monoisotopic (exact) mass is 340 g/mol. The molecule has 1 aliphatic rings. The maximum Gasteiger partial charge on any atom is 0.268 e. The molecule has 25 heavy (non-hydrogen) atoms. The summed E-state index contributed by atoms with van der Waals surface area (Å²) in [5.41, 5.74) is 0.806. The molecule has 1 heterocycles. The highest BCUT2D eigenvalue weighted by Crippen LogP contribution is 2.35. The fourth-order valence-corrected chi connectivity index (χ4v) is 2.32. The molecule has 3 rings (SSSR count). The van der Waals surface area contributed by atoms with Crippen LogP contribution in [0, 0.1) is 5.82 Å². The van der Waals surface area contributed by atoms with E-state index in [-0.39, 0.29) is 17.6 Å². The Hall–Kier alpha value is -3.15. The number of halogens is 1. The normalized spacial score (nSPS) is 15.2. The molecule has 2 aromatic carbocycles. The van der Waals surface area contributed by atoms with Crippen molar-refractivity contribution in [1.82, 2.24) is 0 Å². The number of hydrogen-bond donors (Lipinski definition) is 2. The van der Waals surface area contributed by atoms with E-state index >= 15 is 0 Å². The molecule has 5 nitrogen and oxygen atoms in total. The van der Waals surface area contributed by atoms with Crippen molar-refractivity contribution in [2.75, 3.05) is 10.6 Å². The molecule has 2 N–H and O–H groups in total. The Labute approximate surface area is 144 Å². The zero-order chi connectivity index (χ0) is 18.0. The van der Waals surface area contributed by atoms with Gasteiger partial charge < -0.3 is 15.4 Å². The highest BCUT2D eigenvalue weighted by molar-refractivity contribution is 6.04. The van der Waals surface area contributed by atoms with Crippen LogP contribution >= 0.6 is 0 Å². The summed E-state index contributed by atoms with van der Waals surface area (Å²) in [7, 11) is 0. The van der Waals surface area contributed by atoms with E-state index in [0.717, 1.165) is 0 Å². The molecule has 0 aromatic heterocycles. The van der Waals surface area contributed by atoms with E-state index in [2.05, 4.69) is 10.6 Å². The second kappa shape index (κ2) is 6.39. The second-order valence-electron chi connectivity index (χ2n) is 6.15. The lowest BCUT2D eigenvalue weighted by atomic mass is 10.1. The standard InChI is InChI=1S/C19H17FN2O3/c1-19(2)18(24)22-15-11-14(8-9-16(15)25-19)21-17(23)10-5-12-3-6-13(20)7-4-12/h3-11H,1-2H3,(H,21,23)(H,22,24)/b10-5+. The molecule has 0 unspecified atom stereocenters. The first-order valence-electron chi connectivity index (χ1n) is 7.73. The highest BCUT2D eigenvalue weighted by Gasteiger charge is 2.35. The average Bonchev–Trinajstić information content (AvgIpc) is 2.55. The zero-order valence-corrected chi connectivity index (χ0v) is 13.8. The number of ether oxygens (including phenoxy) is 1. The number of hydrogen-bond acceptors (Lipinski definition) is 3. The molecule has 0 saturated carbocycles. The smallest absolute Gasteiger partial charge is 0.268 e. The summed E-state index contributed by atoms with van der Waals surface area (Å²) in [5.74, 6) is -0.375. The first-order chi connectivity index (χ1) is 11.8. The van der Waals surface area contributed by atoms with Gasteiger partial charge in [0.1, 0.15) is 11.6 Å². The van der Waals surface area contributed by atoms with Crippen LogP contribution in [0.15, 0.2) is 48.5 Å². The first kappa shape index (κ1) is 16.7. The fraction of sp³-hybridized carbons (Fsp3) is 0.158. The van der Waals surface area contributed by atoms with Crippen LogP contribution in [0.1, 0.15) is 19.4 Å². The van der Waals surface area contributed by atoms with Gasteiger partial charge in [-0.1, -0.05) is 12.1 Å². The van der Waals surface area contributed by atoms with E-state index in [4.69, 9.17) is 4.74 Å². The van der Waals surface area contributed by atoms with Gasteiger partial charge in [0, 0.05) is 11.8 Å². The summed E-state index contributed by atoms with van der Waals surface area (Å²) in [5, 5.41) is 5.46. The predicted molar refractivity (Wildman–Crippen MR) is 93.8 cm³/mol. The fourth-order valence-electron chi connectivity index (χ4n) is 2.32. The summed E-state index contributed by atoms with van der Waals surface area (Å²) >= 11 is 0. The molecule has 0 bridgehead atoms. The maximum atomic E-state index is 12.8. The van der Waals surface area contributed by atoms with E-state index in [1.807, 2.05) is 0 Å². The number of amides is 2. The summed E-state index contributed by atoms with van der Waals surface area (Å²) in [6.07, 6.45) is 2.94. The Morgan fingerprint density at radius 3 is 2.64 bits per heavy atom. The molecule has 1 aliphatic heterocycles. The zero-order valence-electron chi connectivity index (χ0n) is 13.8. The van der Waals surface area contributed by atoms with E-state index in [0.29, 0.717) is 22.7 Å². The molecule has 6 heteroatoms. The van der Waals surface area contributed by atoms with Crippen molar-refractivity contribution in [3.8, 4) is 5.75 Å². The molecule has 2 aromatic rings. The van der Waals surface area contributed by atoms with Crippen LogP contribution in [0.2, 0.25) is 0 Å². The lowest BCUT2D eigenvalue weighted by Crippen LogP contribution is -2.45. The van der Waals surface area contributed by atoms with Crippen molar-refractivity contribution >= 4 is 29.3 Å². The Kier molecular flexibility index (Phi) is 4.27. The van der Waals surface area contributed by atoms with Crippen molar-refractivity contribution in [3.05, 3.63) is 59.9 Å². The minimum atomic E-state index is -0.935. The molecule has 0 spiro atoms. The molecular formula is C19H17FN2O3. The van der Waals surface area contributed by atoms with Gasteiger partial charge in [0.15, 0.2) is 5.60 Å². The molecule has 128 valence electrons. The predicted octanol–water partition coefficient (Wildman–Crippen LogP) is 3.59. The van der Waals surface area contributed by atoms with Gasteiger partial charge in [-0.15, -0.1) is 0 Å². The molecule has 0 radical (unpaired) electrons. The maximum absolute atomic E-state index is 12.8. The molecule has 0 fully saturated rings. The van der Waals surface area contributed by atoms with Crippen LogP contribution in [-0.4, -0.2) is 17.4 Å². The van der Waals surface area contributed by atoms with Gasteiger partial charge in [-0.3, -0.25) is 9.59 Å². The quantitative estimate of drug-likeness (QED) is 0.839. The van der Waals surface area contributed by atoms with Gasteiger partial charge in [-0.2, -0.15) is 0 Å². The van der Waals surface area contributed by atoms with Gasteiger partial charge >= 0.3 is 0 Å². The van der Waals surface area contributed by atoms with Gasteiger partial charge in [0.05, 0.1) is 5.69 Å². The van der Waals surface area contributed by atoms with Crippen LogP contribution in [0.25, 0.3) is 6.08 Å². The Morgan fingerprint density at radius 1 is 1.20 bits per heavy atom. The van der Waals surface area contributed by atoms with E-state index in [1.165, 1.54) is 18.2 Å². The van der Waals surface area contributed by atoms with Gasteiger partial charge in [-0.25, -0.2) is 4.39 Å². The average molecular weight is 340 g/mol. The highest BCUT2D eigenvalue weighted by atomic mass is 19.1. The lowest BCUT2D eigenvalue weighted by molar-refractivity contribution is -0.129. The van der Waals surface area contributed by atoms with E-state index < -0.39 is 5.60 Å². The summed E-state index contributed by atoms with van der Waals surface area (Å²) in [4.78, 5) is 23.9. The van der Waals surface area contributed by atoms with Crippen LogP contribution in [0.5, 0.6) is 5.75 Å². The number of carbonyl (C=O) groups is 2. The van der Waals surface area contributed by atoms with Crippen molar-refractivity contribution in [2.24, 2.45) is 0 Å². The third-order valence-electron chi connectivity index (χ3n) is 3.70. The SMILES string of the molecule is CC1(C)Oc2ccc(NC(=O)/C=C/c3ccc(F)cc3)cc2NC1=O. The summed E-state index contributed by atoms with van der Waals surface area (Å²) < 4.78 is 18.5. The van der Waals surface area contributed by atoms with Crippen molar-refractivity contribution < 1.29 is 18.7 Å². The summed E-state index contributed by atoms with van der Waals surface area (Å²) in [6, 6.07) is 10.8. The van der Waals surface area contributed by atoms with E-state index in [1.54, 1.807) is 50.3 Å². The van der Waals surface area contributed by atoms with Crippen LogP contribution < -0.4 is 15.4 Å². The topological polar surface area (TPSA) is 67.4 Å². The van der Waals surface area contributed by atoms with Gasteiger partial charge in [0.25, 0.3) is 5.91 Å². The first-order valence-corrected chi connectivity index (χ1v) is 7.73. The third kappa shape index (κ3) is 3.85. The van der Waals surface area contributed by atoms with Gasteiger partial charge in [-0.05, 0) is 55.8 Å². The largest absolute Gasteiger partial charge is 0.476 e. The molecule has 0 aliphatic carbocycles. The second-order valence-corrected chi connectivity index (χ2v) is 6.15. The number of carbonyl (C=O) groups excluding carboxylic acids is 2. The Balaban J connectivity index is 1.69. The van der Waals surface area contributed by atoms with Crippen LogP contribution in [0.3, 0.4) is 0 Å². The number of fused-ring (bicyclic) bond motifs is 1. The molecule has 2 amide bonds. The van der Waals surface area contributed by atoms with Gasteiger partial charge in [0.2, 0.25) is 5.91 Å².